The van der Waals surface area contributed by atoms with Crippen molar-refractivity contribution in [1.82, 2.24) is 10.3 Å². The lowest BCUT2D eigenvalue weighted by Crippen LogP contribution is -2.26. The van der Waals surface area contributed by atoms with Gasteiger partial charge in [-0.15, -0.1) is 0 Å². The highest BCUT2D eigenvalue weighted by Crippen LogP contribution is 2.12. The molecule has 128 valence electrons. The van der Waals surface area contributed by atoms with E-state index in [1.807, 2.05) is 6.07 Å². The minimum atomic E-state index is -0.367. The molecule has 0 saturated carbocycles. The summed E-state index contributed by atoms with van der Waals surface area (Å²) in [6.45, 7) is 4.73. The highest BCUT2D eigenvalue weighted by Gasteiger charge is 2.12. The Labute approximate surface area is 146 Å². The number of hydrogen-bond donors (Lipinski definition) is 2. The van der Waals surface area contributed by atoms with E-state index in [0.717, 1.165) is 6.42 Å². The molecule has 6 heteroatoms. The van der Waals surface area contributed by atoms with E-state index in [4.69, 9.17) is 5.26 Å². The van der Waals surface area contributed by atoms with Crippen LogP contribution < -0.4 is 10.6 Å². The Balaban J connectivity index is 2.05. The number of carbonyl (C=O) groups excluding carboxylic acids is 2. The summed E-state index contributed by atoms with van der Waals surface area (Å²) in [5, 5.41) is 14.4. The molecule has 2 aromatic rings. The van der Waals surface area contributed by atoms with Crippen LogP contribution in [0.25, 0.3) is 0 Å². The number of nitrogens with zero attached hydrogens (tertiary/aromatic N) is 2. The van der Waals surface area contributed by atoms with Crippen molar-refractivity contribution in [3.63, 3.8) is 0 Å². The van der Waals surface area contributed by atoms with Gasteiger partial charge in [0.1, 0.15) is 5.69 Å². The van der Waals surface area contributed by atoms with E-state index in [9.17, 15) is 9.59 Å². The average molecular weight is 336 g/mol. The molecule has 25 heavy (non-hydrogen) atoms. The molecule has 0 radical (unpaired) electrons. The number of rotatable bonds is 6. The quantitative estimate of drug-likeness (QED) is 0.848. The maximum Gasteiger partial charge on any atom is 0.269 e. The third-order valence-corrected chi connectivity index (χ3v) is 3.51. The molecule has 0 saturated heterocycles. The van der Waals surface area contributed by atoms with Crippen molar-refractivity contribution in [1.29, 1.82) is 5.26 Å². The first-order chi connectivity index (χ1) is 12.0. The number of amides is 2. The lowest BCUT2D eigenvalue weighted by atomic mass is 10.1. The summed E-state index contributed by atoms with van der Waals surface area (Å²) in [6, 6.07) is 11.6. The summed E-state index contributed by atoms with van der Waals surface area (Å²) in [6.07, 6.45) is 2.30. The number of carbonyl (C=O) groups is 2. The molecule has 0 aliphatic heterocycles. The first-order valence-electron chi connectivity index (χ1n) is 8.05. The van der Waals surface area contributed by atoms with Crippen LogP contribution in [0.3, 0.4) is 0 Å². The van der Waals surface area contributed by atoms with Crippen LogP contribution in [0.2, 0.25) is 0 Å². The van der Waals surface area contributed by atoms with Crippen LogP contribution in [0.4, 0.5) is 5.69 Å². The molecule has 0 fully saturated rings. The van der Waals surface area contributed by atoms with E-state index in [0.29, 0.717) is 29.3 Å². The van der Waals surface area contributed by atoms with Gasteiger partial charge < -0.3 is 10.6 Å². The monoisotopic (exact) mass is 336 g/mol. The largest absolute Gasteiger partial charge is 0.351 e. The highest BCUT2D eigenvalue weighted by atomic mass is 16.2. The summed E-state index contributed by atoms with van der Waals surface area (Å²) >= 11 is 0. The second-order valence-electron chi connectivity index (χ2n) is 6.01. The fourth-order valence-corrected chi connectivity index (χ4v) is 2.13. The number of pyridine rings is 1. The minimum absolute atomic E-state index is 0.196. The lowest BCUT2D eigenvalue weighted by Gasteiger charge is -2.08. The lowest BCUT2D eigenvalue weighted by molar-refractivity contribution is 0.0947. The summed E-state index contributed by atoms with van der Waals surface area (Å²) in [7, 11) is 0. The Bertz CT molecular complexity index is 809. The fraction of sp³-hybridized carbons (Fsp3) is 0.263. The van der Waals surface area contributed by atoms with E-state index in [1.165, 1.54) is 18.3 Å². The van der Waals surface area contributed by atoms with Crippen molar-refractivity contribution < 1.29 is 9.59 Å². The van der Waals surface area contributed by atoms with Crippen LogP contribution in [-0.2, 0) is 0 Å². The zero-order valence-corrected chi connectivity index (χ0v) is 14.2. The molecule has 1 heterocycles. The Morgan fingerprint density at radius 1 is 1.20 bits per heavy atom. The predicted molar refractivity (Wildman–Crippen MR) is 95.1 cm³/mol. The van der Waals surface area contributed by atoms with Gasteiger partial charge in [0.15, 0.2) is 0 Å². The topological polar surface area (TPSA) is 94.9 Å². The van der Waals surface area contributed by atoms with Crippen molar-refractivity contribution >= 4 is 17.5 Å². The first-order valence-corrected chi connectivity index (χ1v) is 8.05. The van der Waals surface area contributed by atoms with Gasteiger partial charge in [-0.1, -0.05) is 19.9 Å². The molecule has 0 aliphatic carbocycles. The second-order valence-corrected chi connectivity index (χ2v) is 6.01. The molecule has 1 aromatic heterocycles. The van der Waals surface area contributed by atoms with E-state index < -0.39 is 0 Å². The molecule has 6 nitrogen and oxygen atoms in total. The van der Waals surface area contributed by atoms with Crippen LogP contribution in [-0.4, -0.2) is 23.3 Å². The standard InChI is InChI=1S/C19H20N4O2/c1-13(2)6-8-22-19(25)17-11-15(7-9-21-17)18(24)23-16-5-3-4-14(10-16)12-20/h3-5,7,9-11,13H,6,8H2,1-2H3,(H,22,25)(H,23,24). The fourth-order valence-electron chi connectivity index (χ4n) is 2.13. The zero-order chi connectivity index (χ0) is 18.2. The summed E-state index contributed by atoms with van der Waals surface area (Å²) in [5.74, 6) is -0.176. The number of benzene rings is 1. The van der Waals surface area contributed by atoms with Gasteiger partial charge in [0, 0.05) is 24.0 Å². The molecule has 2 amide bonds. The zero-order valence-electron chi connectivity index (χ0n) is 14.2. The maximum absolute atomic E-state index is 12.3. The van der Waals surface area contributed by atoms with Crippen molar-refractivity contribution in [2.45, 2.75) is 20.3 Å². The highest BCUT2D eigenvalue weighted by molar-refractivity contribution is 6.05. The van der Waals surface area contributed by atoms with Crippen LogP contribution in [0.15, 0.2) is 42.6 Å². The Hall–Kier alpha value is -3.20. The van der Waals surface area contributed by atoms with Gasteiger partial charge in [0.2, 0.25) is 0 Å². The smallest absolute Gasteiger partial charge is 0.269 e. The van der Waals surface area contributed by atoms with Gasteiger partial charge in [-0.05, 0) is 42.7 Å². The maximum atomic E-state index is 12.3. The SMILES string of the molecule is CC(C)CCNC(=O)c1cc(C(=O)Nc2cccc(C#N)c2)ccn1. The molecular formula is C19H20N4O2. The van der Waals surface area contributed by atoms with E-state index in [2.05, 4.69) is 29.5 Å². The summed E-state index contributed by atoms with van der Waals surface area (Å²) in [5.41, 5.74) is 1.50. The predicted octanol–water partition coefficient (Wildman–Crippen LogP) is 2.98. The number of nitrogens with one attached hydrogen (secondary N) is 2. The average Bonchev–Trinajstić information content (AvgIpc) is 2.61. The first kappa shape index (κ1) is 18.1. The molecular weight excluding hydrogens is 316 g/mol. The Kier molecular flexibility index (Phi) is 6.24. The van der Waals surface area contributed by atoms with Crippen LogP contribution >= 0.6 is 0 Å². The molecule has 0 bridgehead atoms. The van der Waals surface area contributed by atoms with Crippen molar-refractivity contribution in [3.05, 3.63) is 59.4 Å². The van der Waals surface area contributed by atoms with Gasteiger partial charge >= 0.3 is 0 Å². The normalized spacial score (nSPS) is 10.2. The molecule has 0 aliphatic rings. The third-order valence-electron chi connectivity index (χ3n) is 3.51. The van der Waals surface area contributed by atoms with Crippen LogP contribution in [0.1, 0.15) is 46.7 Å². The van der Waals surface area contributed by atoms with Crippen molar-refractivity contribution in [2.24, 2.45) is 5.92 Å². The molecule has 1 aromatic carbocycles. The number of anilines is 1. The summed E-state index contributed by atoms with van der Waals surface area (Å²) in [4.78, 5) is 28.5. The third kappa shape index (κ3) is 5.43. The molecule has 0 atom stereocenters. The summed E-state index contributed by atoms with van der Waals surface area (Å²) < 4.78 is 0. The Morgan fingerprint density at radius 3 is 2.72 bits per heavy atom. The number of nitriles is 1. The second kappa shape index (κ2) is 8.60. The van der Waals surface area contributed by atoms with Gasteiger partial charge in [-0.25, -0.2) is 0 Å². The van der Waals surface area contributed by atoms with Crippen molar-refractivity contribution in [2.75, 3.05) is 11.9 Å². The molecule has 0 spiro atoms. The van der Waals surface area contributed by atoms with Gasteiger partial charge in [-0.2, -0.15) is 5.26 Å². The van der Waals surface area contributed by atoms with Gasteiger partial charge in [-0.3, -0.25) is 14.6 Å². The van der Waals surface area contributed by atoms with E-state index in [-0.39, 0.29) is 17.5 Å². The number of hydrogen-bond acceptors (Lipinski definition) is 4. The van der Waals surface area contributed by atoms with Gasteiger partial charge in [0.25, 0.3) is 11.8 Å². The van der Waals surface area contributed by atoms with E-state index >= 15 is 0 Å². The van der Waals surface area contributed by atoms with Gasteiger partial charge in [0.05, 0.1) is 11.6 Å². The van der Waals surface area contributed by atoms with Crippen LogP contribution in [0.5, 0.6) is 0 Å². The molecule has 2 rings (SSSR count). The van der Waals surface area contributed by atoms with Crippen molar-refractivity contribution in [3.8, 4) is 6.07 Å². The van der Waals surface area contributed by atoms with Crippen LogP contribution in [0, 0.1) is 17.2 Å². The molecule has 2 N–H and O–H groups in total. The minimum Gasteiger partial charge on any atom is -0.351 e. The number of aromatic nitrogens is 1. The van der Waals surface area contributed by atoms with E-state index in [1.54, 1.807) is 24.3 Å². The molecule has 0 unspecified atom stereocenters. The Morgan fingerprint density at radius 2 is 2.00 bits per heavy atom.